The number of ketones is 1. The van der Waals surface area contributed by atoms with E-state index in [1.807, 2.05) is 12.1 Å². The SMILES string of the molecule is O=C1c2ccc(F)cc2CC1CCN1CCCN(c2ccc(Cl)cn2)CC1. The molecule has 1 aromatic carbocycles. The maximum absolute atomic E-state index is 13.4. The van der Waals surface area contributed by atoms with Crippen molar-refractivity contribution in [2.45, 2.75) is 19.3 Å². The molecule has 2 aromatic rings. The van der Waals surface area contributed by atoms with Crippen molar-refractivity contribution in [1.29, 1.82) is 0 Å². The van der Waals surface area contributed by atoms with Crippen LogP contribution in [0.1, 0.15) is 28.8 Å². The third-order valence-corrected chi connectivity index (χ3v) is 5.81. The highest BCUT2D eigenvalue weighted by atomic mass is 35.5. The lowest BCUT2D eigenvalue weighted by Gasteiger charge is -2.23. The van der Waals surface area contributed by atoms with Gasteiger partial charge >= 0.3 is 0 Å². The van der Waals surface area contributed by atoms with Gasteiger partial charge in [-0.2, -0.15) is 0 Å². The third-order valence-electron chi connectivity index (χ3n) is 5.59. The summed E-state index contributed by atoms with van der Waals surface area (Å²) in [5.41, 5.74) is 1.57. The molecule has 0 radical (unpaired) electrons. The monoisotopic (exact) mass is 387 g/mol. The Kier molecular flexibility index (Phi) is 5.41. The first kappa shape index (κ1) is 18.4. The van der Waals surface area contributed by atoms with E-state index in [-0.39, 0.29) is 17.5 Å². The highest BCUT2D eigenvalue weighted by molar-refractivity contribution is 6.30. The number of carbonyl (C=O) groups is 1. The number of fused-ring (bicyclic) bond motifs is 1. The van der Waals surface area contributed by atoms with E-state index in [4.69, 9.17) is 11.6 Å². The molecule has 2 heterocycles. The first-order valence-electron chi connectivity index (χ1n) is 9.51. The van der Waals surface area contributed by atoms with Crippen molar-refractivity contribution in [2.24, 2.45) is 5.92 Å². The number of pyridine rings is 1. The second-order valence-electron chi connectivity index (χ2n) is 7.37. The molecule has 2 aliphatic rings. The smallest absolute Gasteiger partial charge is 0.166 e. The van der Waals surface area contributed by atoms with E-state index in [9.17, 15) is 9.18 Å². The van der Waals surface area contributed by atoms with Crippen LogP contribution in [0.2, 0.25) is 5.02 Å². The number of rotatable bonds is 4. The standard InChI is InChI=1S/C21H23ClFN3O/c22-17-2-5-20(24-14-17)26-8-1-7-25(10-11-26)9-6-15-12-16-13-18(23)3-4-19(16)21(15)27/h2-5,13-15H,1,6-12H2. The van der Waals surface area contributed by atoms with Crippen molar-refractivity contribution in [3.05, 3.63) is 58.5 Å². The number of anilines is 1. The number of hydrogen-bond donors (Lipinski definition) is 0. The van der Waals surface area contributed by atoms with E-state index in [2.05, 4.69) is 14.8 Å². The fraction of sp³-hybridized carbons (Fsp3) is 0.429. The lowest BCUT2D eigenvalue weighted by Crippen LogP contribution is -2.32. The van der Waals surface area contributed by atoms with Crippen LogP contribution in [0.4, 0.5) is 10.2 Å². The first-order chi connectivity index (χ1) is 13.1. The van der Waals surface area contributed by atoms with Crippen molar-refractivity contribution < 1.29 is 9.18 Å². The topological polar surface area (TPSA) is 36.4 Å². The normalized spacial score (nSPS) is 20.6. The molecule has 6 heteroatoms. The molecule has 4 nitrogen and oxygen atoms in total. The number of nitrogens with zero attached hydrogens (tertiary/aromatic N) is 3. The molecule has 1 fully saturated rings. The van der Waals surface area contributed by atoms with Crippen LogP contribution in [0.3, 0.4) is 0 Å². The second kappa shape index (κ2) is 7.95. The molecule has 1 atom stereocenters. The van der Waals surface area contributed by atoms with E-state index in [0.717, 1.165) is 56.9 Å². The molecule has 4 rings (SSSR count). The quantitative estimate of drug-likeness (QED) is 0.798. The Balaban J connectivity index is 1.31. The van der Waals surface area contributed by atoms with Crippen LogP contribution in [0.25, 0.3) is 0 Å². The van der Waals surface area contributed by atoms with Crippen molar-refractivity contribution in [3.8, 4) is 0 Å². The fourth-order valence-corrected chi connectivity index (χ4v) is 4.21. The summed E-state index contributed by atoms with van der Waals surface area (Å²) in [5.74, 6) is 0.862. The van der Waals surface area contributed by atoms with Gasteiger partial charge in [-0.3, -0.25) is 4.79 Å². The molecule has 0 bridgehead atoms. The van der Waals surface area contributed by atoms with Crippen molar-refractivity contribution in [3.63, 3.8) is 0 Å². The maximum atomic E-state index is 13.4. The van der Waals surface area contributed by atoms with Crippen LogP contribution in [0, 0.1) is 11.7 Å². The average Bonchev–Trinajstić information content (AvgIpc) is 2.83. The third kappa shape index (κ3) is 4.14. The summed E-state index contributed by atoms with van der Waals surface area (Å²) in [6.07, 6.45) is 4.25. The zero-order valence-electron chi connectivity index (χ0n) is 15.2. The Bertz CT molecular complexity index is 827. The van der Waals surface area contributed by atoms with Gasteiger partial charge in [0.2, 0.25) is 0 Å². The Labute approximate surface area is 163 Å². The summed E-state index contributed by atoms with van der Waals surface area (Å²) in [5, 5.41) is 0.650. The lowest BCUT2D eigenvalue weighted by molar-refractivity contribution is 0.0921. The van der Waals surface area contributed by atoms with Gasteiger partial charge in [-0.1, -0.05) is 11.6 Å². The highest BCUT2D eigenvalue weighted by Crippen LogP contribution is 2.29. The minimum atomic E-state index is -0.259. The molecule has 27 heavy (non-hydrogen) atoms. The Hall–Kier alpha value is -1.98. The largest absolute Gasteiger partial charge is 0.355 e. The average molecular weight is 388 g/mol. The molecule has 1 aromatic heterocycles. The molecular weight excluding hydrogens is 365 g/mol. The predicted octanol–water partition coefficient (Wildman–Crippen LogP) is 3.83. The molecular formula is C21H23ClFN3O. The summed E-state index contributed by atoms with van der Waals surface area (Å²) < 4.78 is 13.4. The van der Waals surface area contributed by atoms with Gasteiger partial charge in [0, 0.05) is 37.3 Å². The van der Waals surface area contributed by atoms with Gasteiger partial charge in [0.1, 0.15) is 11.6 Å². The molecule has 1 aliphatic carbocycles. The minimum absolute atomic E-state index is 0.0147. The number of aromatic nitrogens is 1. The predicted molar refractivity (Wildman–Crippen MR) is 105 cm³/mol. The van der Waals surface area contributed by atoms with E-state index < -0.39 is 0 Å². The van der Waals surface area contributed by atoms with Gasteiger partial charge in [-0.15, -0.1) is 0 Å². The van der Waals surface area contributed by atoms with Gasteiger partial charge in [0.15, 0.2) is 5.78 Å². The van der Waals surface area contributed by atoms with E-state index >= 15 is 0 Å². The molecule has 0 saturated carbocycles. The van der Waals surface area contributed by atoms with Gasteiger partial charge < -0.3 is 9.80 Å². The molecule has 0 N–H and O–H groups in total. The Morgan fingerprint density at radius 3 is 2.85 bits per heavy atom. The van der Waals surface area contributed by atoms with Crippen molar-refractivity contribution >= 4 is 23.2 Å². The summed E-state index contributed by atoms with van der Waals surface area (Å²) in [4.78, 5) is 21.7. The Morgan fingerprint density at radius 2 is 2.04 bits per heavy atom. The summed E-state index contributed by atoms with van der Waals surface area (Å²) >= 11 is 5.93. The van der Waals surface area contributed by atoms with Gasteiger partial charge in [-0.05, 0) is 68.2 Å². The van der Waals surface area contributed by atoms with Crippen LogP contribution in [-0.4, -0.2) is 48.4 Å². The van der Waals surface area contributed by atoms with Gasteiger partial charge in [0.25, 0.3) is 0 Å². The van der Waals surface area contributed by atoms with Crippen LogP contribution < -0.4 is 4.90 Å². The number of Topliss-reactive ketones (excluding diaryl/α,β-unsaturated/α-hetero) is 1. The lowest BCUT2D eigenvalue weighted by atomic mass is 10.0. The zero-order valence-corrected chi connectivity index (χ0v) is 16.0. The fourth-order valence-electron chi connectivity index (χ4n) is 4.10. The summed E-state index contributed by atoms with van der Waals surface area (Å²) in [7, 11) is 0. The summed E-state index contributed by atoms with van der Waals surface area (Å²) in [6.45, 7) is 4.75. The maximum Gasteiger partial charge on any atom is 0.166 e. The van der Waals surface area contributed by atoms with E-state index in [1.54, 1.807) is 12.3 Å². The van der Waals surface area contributed by atoms with Crippen LogP contribution >= 0.6 is 11.6 Å². The number of carbonyl (C=O) groups excluding carboxylic acids is 1. The molecule has 1 aliphatic heterocycles. The van der Waals surface area contributed by atoms with Crippen LogP contribution in [0.15, 0.2) is 36.5 Å². The minimum Gasteiger partial charge on any atom is -0.355 e. The number of halogens is 2. The number of benzene rings is 1. The molecule has 142 valence electrons. The van der Waals surface area contributed by atoms with Crippen LogP contribution in [0.5, 0.6) is 0 Å². The second-order valence-corrected chi connectivity index (χ2v) is 7.81. The zero-order chi connectivity index (χ0) is 18.8. The van der Waals surface area contributed by atoms with Crippen molar-refractivity contribution in [1.82, 2.24) is 9.88 Å². The number of hydrogen-bond acceptors (Lipinski definition) is 4. The van der Waals surface area contributed by atoms with Crippen molar-refractivity contribution in [2.75, 3.05) is 37.6 Å². The molecule has 1 unspecified atom stereocenters. The van der Waals surface area contributed by atoms with E-state index in [1.165, 1.54) is 12.1 Å². The molecule has 0 amide bonds. The first-order valence-corrected chi connectivity index (χ1v) is 9.89. The summed E-state index contributed by atoms with van der Waals surface area (Å²) in [6, 6.07) is 8.36. The highest BCUT2D eigenvalue weighted by Gasteiger charge is 2.31. The molecule has 1 saturated heterocycles. The van der Waals surface area contributed by atoms with Gasteiger partial charge in [0.05, 0.1) is 5.02 Å². The molecule has 0 spiro atoms. The Morgan fingerprint density at radius 1 is 1.15 bits per heavy atom. The van der Waals surface area contributed by atoms with Gasteiger partial charge in [-0.25, -0.2) is 9.37 Å². The van der Waals surface area contributed by atoms with Crippen LogP contribution in [-0.2, 0) is 6.42 Å². The van der Waals surface area contributed by atoms with E-state index in [0.29, 0.717) is 17.0 Å².